The van der Waals surface area contributed by atoms with Crippen molar-refractivity contribution in [3.63, 3.8) is 0 Å². The highest BCUT2D eigenvalue weighted by molar-refractivity contribution is 7.99. The normalized spacial score (nSPS) is 18.5. The fraction of sp³-hybridized carbons (Fsp3) is 0.571. The van der Waals surface area contributed by atoms with Crippen LogP contribution < -0.4 is 5.32 Å². The van der Waals surface area contributed by atoms with Gasteiger partial charge in [-0.25, -0.2) is 8.78 Å². The second kappa shape index (κ2) is 7.22. The van der Waals surface area contributed by atoms with E-state index in [1.807, 2.05) is 11.8 Å². The topological polar surface area (TPSA) is 32.3 Å². The SMILES string of the molecule is OC(CNCC1CCSCC1)c1ccc(F)cc1F. The number of thioether (sulfide) groups is 1. The van der Waals surface area contributed by atoms with Crippen LogP contribution in [0.3, 0.4) is 0 Å². The highest BCUT2D eigenvalue weighted by atomic mass is 32.2. The molecule has 5 heteroatoms. The van der Waals surface area contributed by atoms with Crippen LogP contribution >= 0.6 is 11.8 Å². The van der Waals surface area contributed by atoms with Crippen LogP contribution in [-0.2, 0) is 0 Å². The van der Waals surface area contributed by atoms with Gasteiger partial charge in [-0.05, 0) is 42.9 Å². The summed E-state index contributed by atoms with van der Waals surface area (Å²) in [7, 11) is 0. The molecule has 106 valence electrons. The lowest BCUT2D eigenvalue weighted by Gasteiger charge is -2.22. The van der Waals surface area contributed by atoms with Gasteiger partial charge in [0.05, 0.1) is 6.10 Å². The monoisotopic (exact) mass is 287 g/mol. The van der Waals surface area contributed by atoms with E-state index in [1.165, 1.54) is 36.5 Å². The molecule has 0 saturated carbocycles. The summed E-state index contributed by atoms with van der Waals surface area (Å²) in [5.74, 6) is 1.72. The Morgan fingerprint density at radius 3 is 2.74 bits per heavy atom. The molecule has 0 aromatic heterocycles. The molecule has 0 spiro atoms. The van der Waals surface area contributed by atoms with Crippen molar-refractivity contribution in [2.24, 2.45) is 5.92 Å². The first-order valence-corrected chi connectivity index (χ1v) is 7.74. The van der Waals surface area contributed by atoms with Crippen LogP contribution in [0.2, 0.25) is 0 Å². The fourth-order valence-electron chi connectivity index (χ4n) is 2.26. The van der Waals surface area contributed by atoms with Crippen molar-refractivity contribution < 1.29 is 13.9 Å². The average molecular weight is 287 g/mol. The molecule has 0 bridgehead atoms. The van der Waals surface area contributed by atoms with Gasteiger partial charge in [-0.1, -0.05) is 6.07 Å². The lowest BCUT2D eigenvalue weighted by atomic mass is 10.0. The van der Waals surface area contributed by atoms with Gasteiger partial charge in [-0.2, -0.15) is 11.8 Å². The van der Waals surface area contributed by atoms with E-state index in [1.54, 1.807) is 0 Å². The minimum absolute atomic E-state index is 0.146. The maximum absolute atomic E-state index is 13.5. The molecule has 0 amide bonds. The van der Waals surface area contributed by atoms with E-state index < -0.39 is 17.7 Å². The minimum Gasteiger partial charge on any atom is -0.387 e. The minimum atomic E-state index is -0.932. The van der Waals surface area contributed by atoms with Crippen LogP contribution in [0, 0.1) is 17.6 Å². The number of aliphatic hydroxyl groups is 1. The third-order valence-electron chi connectivity index (χ3n) is 3.43. The molecule has 2 nitrogen and oxygen atoms in total. The molecule has 1 heterocycles. The number of rotatable bonds is 5. The molecule has 1 aromatic rings. The number of halogens is 2. The Morgan fingerprint density at radius 2 is 2.05 bits per heavy atom. The van der Waals surface area contributed by atoms with E-state index in [0.717, 1.165) is 12.6 Å². The third kappa shape index (κ3) is 4.44. The Balaban J connectivity index is 1.78. The lowest BCUT2D eigenvalue weighted by molar-refractivity contribution is 0.167. The number of hydrogen-bond acceptors (Lipinski definition) is 3. The van der Waals surface area contributed by atoms with Crippen molar-refractivity contribution in [2.75, 3.05) is 24.6 Å². The molecule has 1 atom stereocenters. The van der Waals surface area contributed by atoms with Gasteiger partial charge in [0.25, 0.3) is 0 Å². The Labute approximate surface area is 116 Å². The van der Waals surface area contributed by atoms with Crippen molar-refractivity contribution in [2.45, 2.75) is 18.9 Å². The van der Waals surface area contributed by atoms with E-state index in [2.05, 4.69) is 5.32 Å². The molecule has 2 rings (SSSR count). The number of nitrogens with one attached hydrogen (secondary N) is 1. The lowest BCUT2D eigenvalue weighted by Crippen LogP contribution is -2.29. The first-order chi connectivity index (χ1) is 9.16. The summed E-state index contributed by atoms with van der Waals surface area (Å²) >= 11 is 1.98. The molecule has 1 aromatic carbocycles. The maximum atomic E-state index is 13.5. The number of aliphatic hydroxyl groups excluding tert-OH is 1. The van der Waals surface area contributed by atoms with Crippen LogP contribution in [0.5, 0.6) is 0 Å². The van der Waals surface area contributed by atoms with E-state index in [0.29, 0.717) is 12.5 Å². The Bertz CT molecular complexity index is 410. The van der Waals surface area contributed by atoms with E-state index >= 15 is 0 Å². The van der Waals surface area contributed by atoms with Gasteiger partial charge in [0.15, 0.2) is 0 Å². The predicted octanol–water partition coefficient (Wildman–Crippen LogP) is 2.73. The molecule has 2 N–H and O–H groups in total. The van der Waals surface area contributed by atoms with Crippen molar-refractivity contribution in [1.29, 1.82) is 0 Å². The largest absolute Gasteiger partial charge is 0.387 e. The van der Waals surface area contributed by atoms with Crippen molar-refractivity contribution >= 4 is 11.8 Å². The Kier molecular flexibility index (Phi) is 5.60. The van der Waals surface area contributed by atoms with Gasteiger partial charge in [0.2, 0.25) is 0 Å². The van der Waals surface area contributed by atoms with E-state index in [-0.39, 0.29) is 5.56 Å². The quantitative estimate of drug-likeness (QED) is 0.873. The first kappa shape index (κ1) is 14.8. The van der Waals surface area contributed by atoms with Gasteiger partial charge in [-0.15, -0.1) is 0 Å². The Morgan fingerprint density at radius 1 is 1.32 bits per heavy atom. The van der Waals surface area contributed by atoms with Crippen molar-refractivity contribution in [1.82, 2.24) is 5.32 Å². The van der Waals surface area contributed by atoms with Gasteiger partial charge < -0.3 is 10.4 Å². The summed E-state index contributed by atoms with van der Waals surface area (Å²) < 4.78 is 26.2. The molecule has 19 heavy (non-hydrogen) atoms. The second-order valence-electron chi connectivity index (χ2n) is 4.90. The summed E-state index contributed by atoms with van der Waals surface area (Å²) in [6.07, 6.45) is 1.45. The van der Waals surface area contributed by atoms with Gasteiger partial charge in [0, 0.05) is 18.2 Å². The molecule has 0 aliphatic carbocycles. The molecule has 1 aliphatic heterocycles. The van der Waals surface area contributed by atoms with Crippen LogP contribution in [0.4, 0.5) is 8.78 Å². The third-order valence-corrected chi connectivity index (χ3v) is 4.48. The van der Waals surface area contributed by atoms with Crippen LogP contribution in [0.1, 0.15) is 24.5 Å². The summed E-state index contributed by atoms with van der Waals surface area (Å²) in [6, 6.07) is 3.27. The highest BCUT2D eigenvalue weighted by Crippen LogP contribution is 2.22. The number of hydrogen-bond donors (Lipinski definition) is 2. The van der Waals surface area contributed by atoms with E-state index in [9.17, 15) is 13.9 Å². The first-order valence-electron chi connectivity index (χ1n) is 6.58. The molecule has 1 saturated heterocycles. The molecule has 1 aliphatic rings. The summed E-state index contributed by atoms with van der Waals surface area (Å²) in [5.41, 5.74) is 0.146. The van der Waals surface area contributed by atoms with Crippen molar-refractivity contribution in [3.05, 3.63) is 35.4 Å². The molecule has 1 unspecified atom stereocenters. The molecular weight excluding hydrogens is 268 g/mol. The van der Waals surface area contributed by atoms with Crippen molar-refractivity contribution in [3.8, 4) is 0 Å². The van der Waals surface area contributed by atoms with Crippen LogP contribution in [0.15, 0.2) is 18.2 Å². The Hall–Kier alpha value is -0.650. The molecule has 1 fully saturated rings. The summed E-state index contributed by atoms with van der Waals surface area (Å²) in [5, 5.41) is 13.1. The number of benzene rings is 1. The fourth-order valence-corrected chi connectivity index (χ4v) is 3.46. The van der Waals surface area contributed by atoms with Crippen LogP contribution in [0.25, 0.3) is 0 Å². The van der Waals surface area contributed by atoms with E-state index in [4.69, 9.17) is 0 Å². The maximum Gasteiger partial charge on any atom is 0.131 e. The second-order valence-corrected chi connectivity index (χ2v) is 6.12. The summed E-state index contributed by atoms with van der Waals surface area (Å²) in [6.45, 7) is 1.15. The molecule has 0 radical (unpaired) electrons. The smallest absolute Gasteiger partial charge is 0.131 e. The zero-order valence-corrected chi connectivity index (χ0v) is 11.6. The molecular formula is C14H19F2NOS. The average Bonchev–Trinajstić information content (AvgIpc) is 2.39. The summed E-state index contributed by atoms with van der Waals surface area (Å²) in [4.78, 5) is 0. The van der Waals surface area contributed by atoms with Gasteiger partial charge >= 0.3 is 0 Å². The van der Waals surface area contributed by atoms with Gasteiger partial charge in [-0.3, -0.25) is 0 Å². The van der Waals surface area contributed by atoms with Gasteiger partial charge in [0.1, 0.15) is 11.6 Å². The van der Waals surface area contributed by atoms with Crippen LogP contribution in [-0.4, -0.2) is 29.7 Å². The standard InChI is InChI=1S/C14H19F2NOS/c15-11-1-2-12(13(16)7-11)14(18)9-17-8-10-3-5-19-6-4-10/h1-2,7,10,14,17-18H,3-6,8-9H2. The highest BCUT2D eigenvalue weighted by Gasteiger charge is 2.16. The zero-order valence-electron chi connectivity index (χ0n) is 10.7. The zero-order chi connectivity index (χ0) is 13.7. The predicted molar refractivity (Wildman–Crippen MR) is 74.2 cm³/mol.